The fourth-order valence-electron chi connectivity index (χ4n) is 3.96. The van der Waals surface area contributed by atoms with Crippen LogP contribution in [0.1, 0.15) is 32.6 Å². The van der Waals surface area contributed by atoms with Crippen LogP contribution < -0.4 is 15.0 Å². The number of benzene rings is 1. The molecule has 1 saturated heterocycles. The van der Waals surface area contributed by atoms with Gasteiger partial charge in [0, 0.05) is 43.3 Å². The first-order valence-corrected chi connectivity index (χ1v) is 10.2. The van der Waals surface area contributed by atoms with E-state index in [1.54, 1.807) is 19.3 Å². The van der Waals surface area contributed by atoms with Gasteiger partial charge < -0.3 is 19.7 Å². The molecular formula is C22H26N4O3. The van der Waals surface area contributed by atoms with Crippen LogP contribution in [0.15, 0.2) is 24.5 Å². The molecule has 2 fully saturated rings. The number of anilines is 1. The van der Waals surface area contributed by atoms with Gasteiger partial charge in [-0.3, -0.25) is 9.78 Å². The lowest BCUT2D eigenvalue weighted by Crippen LogP contribution is -2.39. The maximum Gasteiger partial charge on any atom is 0.296 e. The highest BCUT2D eigenvalue weighted by Crippen LogP contribution is 2.32. The Bertz CT molecular complexity index is 923. The fraction of sp³-hybridized carbons (Fsp3) is 0.500. The van der Waals surface area contributed by atoms with E-state index in [4.69, 9.17) is 9.47 Å². The van der Waals surface area contributed by atoms with Crippen molar-refractivity contribution in [3.63, 3.8) is 0 Å². The standard InChI is InChI=1S/C22H26N4O3/c1-2-3-21(27)25-16-4-6-18(7-5-16)29-20-15-17(26-10-12-28-13-11-26)14-19-22(20)24-9-8-23-19/h8-9,14-16,18H,4-7,10-13H2,1H3,(H,25,27)/t16-,18+. The predicted molar refractivity (Wildman–Crippen MR) is 111 cm³/mol. The van der Waals surface area contributed by atoms with Crippen molar-refractivity contribution >= 4 is 22.6 Å². The molecular weight excluding hydrogens is 368 g/mol. The van der Waals surface area contributed by atoms with E-state index in [2.05, 4.69) is 44.2 Å². The van der Waals surface area contributed by atoms with Crippen LogP contribution in [0.25, 0.3) is 11.0 Å². The molecule has 0 spiro atoms. The number of morpholine rings is 1. The highest BCUT2D eigenvalue weighted by molar-refractivity contribution is 5.93. The Morgan fingerprint density at radius 1 is 1.17 bits per heavy atom. The molecule has 1 amide bonds. The van der Waals surface area contributed by atoms with Crippen LogP contribution >= 0.6 is 0 Å². The van der Waals surface area contributed by atoms with Crippen LogP contribution in [-0.2, 0) is 9.53 Å². The van der Waals surface area contributed by atoms with E-state index in [0.717, 1.165) is 74.5 Å². The van der Waals surface area contributed by atoms with Gasteiger partial charge in [-0.05, 0) is 44.6 Å². The molecule has 29 heavy (non-hydrogen) atoms. The molecule has 4 rings (SSSR count). The van der Waals surface area contributed by atoms with Gasteiger partial charge >= 0.3 is 0 Å². The summed E-state index contributed by atoms with van der Waals surface area (Å²) >= 11 is 0. The number of carbonyl (C=O) groups is 1. The largest absolute Gasteiger partial charge is 0.488 e. The number of carbonyl (C=O) groups excluding carboxylic acids is 1. The number of ether oxygens (including phenoxy) is 2. The third-order valence-corrected chi connectivity index (χ3v) is 5.44. The zero-order chi connectivity index (χ0) is 20.1. The lowest BCUT2D eigenvalue weighted by Gasteiger charge is -2.31. The summed E-state index contributed by atoms with van der Waals surface area (Å²) in [5.74, 6) is 5.76. The zero-order valence-corrected chi connectivity index (χ0v) is 16.7. The van der Waals surface area contributed by atoms with Crippen molar-refractivity contribution in [2.24, 2.45) is 0 Å². The number of nitrogens with zero attached hydrogens (tertiary/aromatic N) is 3. The zero-order valence-electron chi connectivity index (χ0n) is 16.7. The van der Waals surface area contributed by atoms with Crippen LogP contribution in [0.5, 0.6) is 5.75 Å². The van der Waals surface area contributed by atoms with E-state index < -0.39 is 0 Å². The number of fused-ring (bicyclic) bond motifs is 1. The Morgan fingerprint density at radius 2 is 1.93 bits per heavy atom. The molecule has 1 N–H and O–H groups in total. The minimum absolute atomic E-state index is 0.102. The van der Waals surface area contributed by atoms with Gasteiger partial charge in [-0.15, -0.1) is 0 Å². The number of hydrogen-bond acceptors (Lipinski definition) is 6. The fourth-order valence-corrected chi connectivity index (χ4v) is 3.96. The van der Waals surface area contributed by atoms with E-state index in [1.807, 2.05) is 0 Å². The van der Waals surface area contributed by atoms with Gasteiger partial charge in [0.1, 0.15) is 11.3 Å². The van der Waals surface area contributed by atoms with Gasteiger partial charge in [-0.2, -0.15) is 0 Å². The van der Waals surface area contributed by atoms with Gasteiger partial charge in [-0.1, -0.05) is 5.92 Å². The second-order valence-corrected chi connectivity index (χ2v) is 7.41. The molecule has 7 heteroatoms. The van der Waals surface area contributed by atoms with Crippen molar-refractivity contribution in [3.8, 4) is 17.6 Å². The van der Waals surface area contributed by atoms with Crippen molar-refractivity contribution in [3.05, 3.63) is 24.5 Å². The summed E-state index contributed by atoms with van der Waals surface area (Å²) in [5.41, 5.74) is 2.72. The van der Waals surface area contributed by atoms with Gasteiger partial charge in [0.2, 0.25) is 0 Å². The number of aromatic nitrogens is 2. The van der Waals surface area contributed by atoms with Crippen LogP contribution in [-0.4, -0.2) is 54.3 Å². The summed E-state index contributed by atoms with van der Waals surface area (Å²) < 4.78 is 11.9. The van der Waals surface area contributed by atoms with Gasteiger partial charge in [-0.25, -0.2) is 4.98 Å². The Kier molecular flexibility index (Phi) is 6.11. The van der Waals surface area contributed by atoms with Crippen LogP contribution in [0.4, 0.5) is 5.69 Å². The molecule has 7 nitrogen and oxygen atoms in total. The quantitative estimate of drug-likeness (QED) is 0.802. The predicted octanol–water partition coefficient (Wildman–Crippen LogP) is 2.30. The SMILES string of the molecule is CC#CC(=O)N[C@H]1CC[C@@H](Oc2cc(N3CCOCC3)cc3nccnc23)CC1. The summed E-state index contributed by atoms with van der Waals surface area (Å²) in [4.78, 5) is 23.0. The van der Waals surface area contributed by atoms with Gasteiger partial charge in [0.05, 0.1) is 24.8 Å². The number of hydrogen-bond donors (Lipinski definition) is 1. The van der Waals surface area contributed by atoms with Gasteiger partial charge in [0.25, 0.3) is 5.91 Å². The van der Waals surface area contributed by atoms with E-state index in [0.29, 0.717) is 0 Å². The summed E-state index contributed by atoms with van der Waals surface area (Å²) in [6.07, 6.45) is 7.05. The maximum atomic E-state index is 11.7. The normalized spacial score (nSPS) is 21.9. The average molecular weight is 394 g/mol. The van der Waals surface area contributed by atoms with Crippen molar-refractivity contribution < 1.29 is 14.3 Å². The number of nitrogens with one attached hydrogen (secondary N) is 1. The van der Waals surface area contributed by atoms with Crippen molar-refractivity contribution in [1.82, 2.24) is 15.3 Å². The molecule has 1 aliphatic heterocycles. The molecule has 152 valence electrons. The van der Waals surface area contributed by atoms with Crippen LogP contribution in [0.3, 0.4) is 0 Å². The minimum atomic E-state index is -0.198. The van der Waals surface area contributed by atoms with Crippen LogP contribution in [0.2, 0.25) is 0 Å². The van der Waals surface area contributed by atoms with Crippen molar-refractivity contribution in [2.75, 3.05) is 31.2 Å². The second-order valence-electron chi connectivity index (χ2n) is 7.41. The Labute approximate surface area is 170 Å². The first-order chi connectivity index (χ1) is 14.2. The second kappa shape index (κ2) is 9.10. The summed E-state index contributed by atoms with van der Waals surface area (Å²) in [6.45, 7) is 4.84. The topological polar surface area (TPSA) is 76.6 Å². The van der Waals surface area contributed by atoms with E-state index in [-0.39, 0.29) is 18.1 Å². The molecule has 1 aliphatic carbocycles. The molecule has 2 heterocycles. The molecule has 0 unspecified atom stereocenters. The van der Waals surface area contributed by atoms with Crippen molar-refractivity contribution in [1.29, 1.82) is 0 Å². The first-order valence-electron chi connectivity index (χ1n) is 10.2. The average Bonchev–Trinajstić information content (AvgIpc) is 2.76. The number of amides is 1. The third-order valence-electron chi connectivity index (χ3n) is 5.44. The highest BCUT2D eigenvalue weighted by atomic mass is 16.5. The molecule has 1 aromatic carbocycles. The first kappa shape index (κ1) is 19.5. The third kappa shape index (κ3) is 4.77. The Balaban J connectivity index is 1.47. The Morgan fingerprint density at radius 3 is 2.69 bits per heavy atom. The number of rotatable bonds is 4. The Hall–Kier alpha value is -2.85. The molecule has 0 bridgehead atoms. The summed E-state index contributed by atoms with van der Waals surface area (Å²) in [7, 11) is 0. The molecule has 2 aromatic rings. The summed E-state index contributed by atoms with van der Waals surface area (Å²) in [6, 6.07) is 4.31. The molecule has 1 aromatic heterocycles. The lowest BCUT2D eigenvalue weighted by molar-refractivity contribution is -0.116. The minimum Gasteiger partial charge on any atom is -0.488 e. The molecule has 0 radical (unpaired) electrons. The van der Waals surface area contributed by atoms with Crippen molar-refractivity contribution in [2.45, 2.75) is 44.8 Å². The highest BCUT2D eigenvalue weighted by Gasteiger charge is 2.24. The molecule has 1 saturated carbocycles. The van der Waals surface area contributed by atoms with E-state index in [9.17, 15) is 4.79 Å². The summed E-state index contributed by atoms with van der Waals surface area (Å²) in [5, 5.41) is 2.98. The lowest BCUT2D eigenvalue weighted by atomic mass is 9.93. The maximum absolute atomic E-state index is 11.7. The monoisotopic (exact) mass is 394 g/mol. The molecule has 2 aliphatic rings. The van der Waals surface area contributed by atoms with Crippen LogP contribution in [0, 0.1) is 11.8 Å². The van der Waals surface area contributed by atoms with E-state index in [1.165, 1.54) is 0 Å². The molecule has 0 atom stereocenters. The van der Waals surface area contributed by atoms with E-state index >= 15 is 0 Å². The van der Waals surface area contributed by atoms with Gasteiger partial charge in [0.15, 0.2) is 0 Å². The smallest absolute Gasteiger partial charge is 0.296 e.